The summed E-state index contributed by atoms with van der Waals surface area (Å²) < 4.78 is 13.3. The second kappa shape index (κ2) is 7.36. The number of hydrogen-bond donors (Lipinski definition) is 0. The number of rotatable bonds is 5. The Balaban J connectivity index is 1.86. The fourth-order valence-corrected chi connectivity index (χ4v) is 2.28. The molecule has 0 bridgehead atoms. The van der Waals surface area contributed by atoms with E-state index < -0.39 is 0 Å². The van der Waals surface area contributed by atoms with Gasteiger partial charge in [0.05, 0.1) is 18.4 Å². The maximum absolute atomic E-state index is 13.3. The highest BCUT2D eigenvalue weighted by Crippen LogP contribution is 2.17. The van der Waals surface area contributed by atoms with E-state index in [4.69, 9.17) is 0 Å². The first kappa shape index (κ1) is 15.0. The minimum Gasteiger partial charge on any atom is -0.261 e. The van der Waals surface area contributed by atoms with Gasteiger partial charge in [-0.1, -0.05) is 60.7 Å². The molecule has 0 saturated heterocycles. The molecule has 23 heavy (non-hydrogen) atoms. The molecule has 0 aliphatic rings. The number of benzene rings is 3. The maximum Gasteiger partial charge on any atom is 0.123 e. The van der Waals surface area contributed by atoms with E-state index in [1.54, 1.807) is 12.3 Å². The van der Waals surface area contributed by atoms with Crippen LogP contribution in [0.4, 0.5) is 10.1 Å². The van der Waals surface area contributed by atoms with Crippen LogP contribution in [0.15, 0.2) is 90.0 Å². The molecule has 0 radical (unpaired) electrons. The fraction of sp³-hybridized carbons (Fsp3) is 0.0500. The first-order chi connectivity index (χ1) is 11.3. The molecule has 3 rings (SSSR count). The van der Waals surface area contributed by atoms with E-state index in [2.05, 4.69) is 17.2 Å². The van der Waals surface area contributed by atoms with Gasteiger partial charge in [-0.2, -0.15) is 5.10 Å². The summed E-state index contributed by atoms with van der Waals surface area (Å²) in [6.07, 6.45) is 1.68. The van der Waals surface area contributed by atoms with Crippen molar-refractivity contribution in [3.05, 3.63) is 102 Å². The van der Waals surface area contributed by atoms with Crippen molar-refractivity contribution in [3.8, 4) is 0 Å². The van der Waals surface area contributed by atoms with Crippen LogP contribution < -0.4 is 5.01 Å². The van der Waals surface area contributed by atoms with Crippen molar-refractivity contribution in [2.45, 2.75) is 6.54 Å². The standard InChI is InChI=1S/C20H17FN2/c21-19-11-7-10-18(14-19)15-22-23(20-12-5-2-6-13-20)16-17-8-3-1-4-9-17/h1-15H,16H2/b22-15+. The van der Waals surface area contributed by atoms with E-state index in [1.807, 2.05) is 59.6 Å². The Hall–Kier alpha value is -2.94. The van der Waals surface area contributed by atoms with Crippen LogP contribution in [0.25, 0.3) is 0 Å². The number of para-hydroxylation sites is 1. The van der Waals surface area contributed by atoms with Gasteiger partial charge in [0.15, 0.2) is 0 Å². The Morgan fingerprint density at radius 1 is 0.826 bits per heavy atom. The number of hydrazone groups is 1. The van der Waals surface area contributed by atoms with E-state index in [-0.39, 0.29) is 5.82 Å². The van der Waals surface area contributed by atoms with Gasteiger partial charge in [-0.25, -0.2) is 4.39 Å². The summed E-state index contributed by atoms with van der Waals surface area (Å²) in [6, 6.07) is 26.5. The Morgan fingerprint density at radius 3 is 2.22 bits per heavy atom. The smallest absolute Gasteiger partial charge is 0.123 e. The normalized spacial score (nSPS) is 10.8. The molecule has 0 atom stereocenters. The Labute approximate surface area is 135 Å². The lowest BCUT2D eigenvalue weighted by Gasteiger charge is -2.19. The number of anilines is 1. The predicted octanol–water partition coefficient (Wildman–Crippen LogP) is 4.87. The predicted molar refractivity (Wildman–Crippen MR) is 93.1 cm³/mol. The van der Waals surface area contributed by atoms with Crippen LogP contribution in [0.1, 0.15) is 11.1 Å². The van der Waals surface area contributed by atoms with Crippen molar-refractivity contribution in [2.75, 3.05) is 5.01 Å². The van der Waals surface area contributed by atoms with Crippen molar-refractivity contribution in [3.63, 3.8) is 0 Å². The topological polar surface area (TPSA) is 15.6 Å². The minimum absolute atomic E-state index is 0.261. The summed E-state index contributed by atoms with van der Waals surface area (Å²) >= 11 is 0. The van der Waals surface area contributed by atoms with Gasteiger partial charge in [0.1, 0.15) is 5.82 Å². The van der Waals surface area contributed by atoms with Gasteiger partial charge in [0.2, 0.25) is 0 Å². The van der Waals surface area contributed by atoms with Crippen LogP contribution in [0.2, 0.25) is 0 Å². The third-order valence-corrected chi connectivity index (χ3v) is 3.42. The van der Waals surface area contributed by atoms with Crippen LogP contribution in [0.5, 0.6) is 0 Å². The van der Waals surface area contributed by atoms with Crippen molar-refractivity contribution < 1.29 is 4.39 Å². The van der Waals surface area contributed by atoms with Gasteiger partial charge in [-0.15, -0.1) is 0 Å². The summed E-state index contributed by atoms with van der Waals surface area (Å²) in [5, 5.41) is 6.45. The molecule has 3 aromatic carbocycles. The summed E-state index contributed by atoms with van der Waals surface area (Å²) in [7, 11) is 0. The highest BCUT2D eigenvalue weighted by atomic mass is 19.1. The van der Waals surface area contributed by atoms with Crippen molar-refractivity contribution in [2.24, 2.45) is 5.10 Å². The molecule has 3 aromatic rings. The van der Waals surface area contributed by atoms with Crippen LogP contribution in [0.3, 0.4) is 0 Å². The molecule has 2 nitrogen and oxygen atoms in total. The zero-order chi connectivity index (χ0) is 15.9. The monoisotopic (exact) mass is 304 g/mol. The first-order valence-corrected chi connectivity index (χ1v) is 7.47. The average Bonchev–Trinajstić information content (AvgIpc) is 2.60. The SMILES string of the molecule is Fc1cccc(/C=N/N(Cc2ccccc2)c2ccccc2)c1. The molecule has 0 unspecified atom stereocenters. The van der Waals surface area contributed by atoms with E-state index in [1.165, 1.54) is 12.1 Å². The molecule has 0 N–H and O–H groups in total. The molecule has 0 aromatic heterocycles. The summed E-state index contributed by atoms with van der Waals surface area (Å²) in [5.41, 5.74) is 2.88. The quantitative estimate of drug-likeness (QED) is 0.485. The molecule has 0 amide bonds. The highest BCUT2D eigenvalue weighted by molar-refractivity contribution is 5.80. The van der Waals surface area contributed by atoms with Crippen LogP contribution in [-0.2, 0) is 6.54 Å². The molecule has 3 heteroatoms. The van der Waals surface area contributed by atoms with Crippen molar-refractivity contribution in [1.82, 2.24) is 0 Å². The zero-order valence-corrected chi connectivity index (χ0v) is 12.6. The van der Waals surface area contributed by atoms with E-state index >= 15 is 0 Å². The van der Waals surface area contributed by atoms with Crippen LogP contribution >= 0.6 is 0 Å². The number of nitrogens with zero attached hydrogens (tertiary/aromatic N) is 2. The van der Waals surface area contributed by atoms with Gasteiger partial charge in [-0.05, 0) is 35.4 Å². The highest BCUT2D eigenvalue weighted by Gasteiger charge is 2.05. The minimum atomic E-state index is -0.261. The van der Waals surface area contributed by atoms with E-state index in [9.17, 15) is 4.39 Å². The van der Waals surface area contributed by atoms with Crippen molar-refractivity contribution in [1.29, 1.82) is 0 Å². The number of halogens is 1. The van der Waals surface area contributed by atoms with Crippen LogP contribution in [-0.4, -0.2) is 6.21 Å². The molecule has 0 fully saturated rings. The lowest BCUT2D eigenvalue weighted by Crippen LogP contribution is -2.16. The summed E-state index contributed by atoms with van der Waals surface area (Å²) in [5.74, 6) is -0.261. The lowest BCUT2D eigenvalue weighted by molar-refractivity contribution is 0.627. The zero-order valence-electron chi connectivity index (χ0n) is 12.6. The molecule has 0 aliphatic heterocycles. The van der Waals surface area contributed by atoms with Gasteiger partial charge in [-0.3, -0.25) is 5.01 Å². The summed E-state index contributed by atoms with van der Waals surface area (Å²) in [6.45, 7) is 0.649. The molecular formula is C20H17FN2. The largest absolute Gasteiger partial charge is 0.261 e. The van der Waals surface area contributed by atoms with Gasteiger partial charge in [0.25, 0.3) is 0 Å². The molecule has 0 heterocycles. The maximum atomic E-state index is 13.3. The third kappa shape index (κ3) is 4.27. The molecule has 0 saturated carbocycles. The molecular weight excluding hydrogens is 287 g/mol. The lowest BCUT2D eigenvalue weighted by atomic mass is 10.2. The van der Waals surface area contributed by atoms with Gasteiger partial charge < -0.3 is 0 Å². The van der Waals surface area contributed by atoms with Crippen LogP contribution in [0, 0.1) is 5.82 Å². The number of hydrogen-bond acceptors (Lipinski definition) is 2. The Kier molecular flexibility index (Phi) is 4.79. The fourth-order valence-electron chi connectivity index (χ4n) is 2.28. The third-order valence-electron chi connectivity index (χ3n) is 3.42. The average molecular weight is 304 g/mol. The van der Waals surface area contributed by atoms with Crippen molar-refractivity contribution >= 4 is 11.9 Å². The van der Waals surface area contributed by atoms with Gasteiger partial charge >= 0.3 is 0 Å². The summed E-state index contributed by atoms with van der Waals surface area (Å²) in [4.78, 5) is 0. The van der Waals surface area contributed by atoms with E-state index in [0.717, 1.165) is 16.8 Å². The second-order valence-corrected chi connectivity index (χ2v) is 5.18. The second-order valence-electron chi connectivity index (χ2n) is 5.18. The molecule has 114 valence electrons. The Morgan fingerprint density at radius 2 is 1.52 bits per heavy atom. The Bertz CT molecular complexity index is 770. The molecule has 0 aliphatic carbocycles. The van der Waals surface area contributed by atoms with E-state index in [0.29, 0.717) is 6.54 Å². The first-order valence-electron chi connectivity index (χ1n) is 7.47. The molecule has 0 spiro atoms. The van der Waals surface area contributed by atoms with Gasteiger partial charge in [0, 0.05) is 0 Å².